The number of aromatic nitrogens is 2. The Morgan fingerprint density at radius 2 is 2.28 bits per heavy atom. The molecular formula is C13H22N4O. The second kappa shape index (κ2) is 6.00. The van der Waals surface area contributed by atoms with Crippen LogP contribution < -0.4 is 10.6 Å². The molecule has 5 nitrogen and oxygen atoms in total. The molecule has 2 heterocycles. The number of aliphatic hydroxyl groups excluding tert-OH is 1. The average molecular weight is 250 g/mol. The van der Waals surface area contributed by atoms with Crippen LogP contribution in [0.15, 0.2) is 6.07 Å². The van der Waals surface area contributed by atoms with E-state index < -0.39 is 0 Å². The molecule has 100 valence electrons. The molecule has 1 aromatic rings. The highest BCUT2D eigenvalue weighted by Crippen LogP contribution is 2.24. The van der Waals surface area contributed by atoms with E-state index in [4.69, 9.17) is 5.73 Å². The number of nitrogens with two attached hydrogens (primary N) is 1. The van der Waals surface area contributed by atoms with Crippen LogP contribution in [0.2, 0.25) is 0 Å². The van der Waals surface area contributed by atoms with E-state index >= 15 is 0 Å². The average Bonchev–Trinajstić information content (AvgIpc) is 2.38. The number of hydrogen-bond donors (Lipinski definition) is 2. The molecule has 1 atom stereocenters. The van der Waals surface area contributed by atoms with Gasteiger partial charge in [0.1, 0.15) is 17.5 Å². The maximum absolute atomic E-state index is 9.45. The van der Waals surface area contributed by atoms with Crippen molar-refractivity contribution in [2.24, 2.45) is 0 Å². The smallest absolute Gasteiger partial charge is 0.134 e. The third kappa shape index (κ3) is 2.90. The summed E-state index contributed by atoms with van der Waals surface area (Å²) in [5, 5.41) is 9.45. The Balaban J connectivity index is 2.24. The van der Waals surface area contributed by atoms with Crippen molar-refractivity contribution in [3.8, 4) is 0 Å². The maximum atomic E-state index is 9.45. The molecule has 1 saturated heterocycles. The quantitative estimate of drug-likeness (QED) is 0.844. The third-order valence-corrected chi connectivity index (χ3v) is 3.38. The standard InChI is InChI=1S/C13H22N4O/c1-2-5-12-15-11(14)8-13(16-12)17-7-4-3-6-10(17)9-18/h8,10,18H,2-7,9H2,1H3,(H2,14,15,16). The number of nitrogen functional groups attached to an aromatic ring is 1. The van der Waals surface area contributed by atoms with E-state index in [9.17, 15) is 5.11 Å². The Morgan fingerprint density at radius 1 is 1.44 bits per heavy atom. The van der Waals surface area contributed by atoms with Crippen molar-refractivity contribution >= 4 is 11.6 Å². The molecule has 1 fully saturated rings. The van der Waals surface area contributed by atoms with E-state index in [0.29, 0.717) is 5.82 Å². The lowest BCUT2D eigenvalue weighted by molar-refractivity contribution is 0.239. The molecule has 0 radical (unpaired) electrons. The molecule has 0 aromatic carbocycles. The van der Waals surface area contributed by atoms with Crippen LogP contribution in [0.4, 0.5) is 11.6 Å². The fourth-order valence-corrected chi connectivity index (χ4v) is 2.48. The zero-order valence-electron chi connectivity index (χ0n) is 11.0. The lowest BCUT2D eigenvalue weighted by atomic mass is 10.0. The molecule has 1 aromatic heterocycles. The molecule has 0 spiro atoms. The molecule has 1 aliphatic heterocycles. The summed E-state index contributed by atoms with van der Waals surface area (Å²) in [5.41, 5.74) is 5.84. The predicted molar refractivity (Wildman–Crippen MR) is 72.5 cm³/mol. The molecule has 2 rings (SSSR count). The number of rotatable bonds is 4. The second-order valence-corrected chi connectivity index (χ2v) is 4.84. The summed E-state index contributed by atoms with van der Waals surface area (Å²) in [6.45, 7) is 3.21. The van der Waals surface area contributed by atoms with Crippen molar-refractivity contribution in [2.45, 2.75) is 45.1 Å². The SMILES string of the molecule is CCCc1nc(N)cc(N2CCCCC2CO)n1. The van der Waals surface area contributed by atoms with Crippen LogP contribution >= 0.6 is 0 Å². The van der Waals surface area contributed by atoms with Gasteiger partial charge in [-0.15, -0.1) is 0 Å². The third-order valence-electron chi connectivity index (χ3n) is 3.38. The van der Waals surface area contributed by atoms with Gasteiger partial charge < -0.3 is 15.7 Å². The summed E-state index contributed by atoms with van der Waals surface area (Å²) in [6.07, 6.45) is 5.18. The minimum absolute atomic E-state index is 0.169. The van der Waals surface area contributed by atoms with Gasteiger partial charge in [0.15, 0.2) is 0 Å². The van der Waals surface area contributed by atoms with Gasteiger partial charge in [-0.1, -0.05) is 6.92 Å². The van der Waals surface area contributed by atoms with E-state index in [-0.39, 0.29) is 12.6 Å². The molecule has 0 amide bonds. The highest BCUT2D eigenvalue weighted by Gasteiger charge is 2.23. The van der Waals surface area contributed by atoms with Gasteiger partial charge in [-0.2, -0.15) is 0 Å². The molecular weight excluding hydrogens is 228 g/mol. The Kier molecular flexibility index (Phi) is 4.36. The Morgan fingerprint density at radius 3 is 3.00 bits per heavy atom. The van der Waals surface area contributed by atoms with Gasteiger partial charge in [-0.25, -0.2) is 9.97 Å². The highest BCUT2D eigenvalue weighted by atomic mass is 16.3. The summed E-state index contributed by atoms with van der Waals surface area (Å²) < 4.78 is 0. The predicted octanol–water partition coefficient (Wildman–Crippen LogP) is 1.36. The normalized spacial score (nSPS) is 20.1. The van der Waals surface area contributed by atoms with Crippen LogP contribution in [0.25, 0.3) is 0 Å². The van der Waals surface area contributed by atoms with Crippen LogP contribution in [-0.2, 0) is 6.42 Å². The minimum Gasteiger partial charge on any atom is -0.394 e. The van der Waals surface area contributed by atoms with Crippen molar-refractivity contribution in [2.75, 3.05) is 23.8 Å². The Labute approximate surface area is 108 Å². The number of nitrogens with zero attached hydrogens (tertiary/aromatic N) is 3. The molecule has 1 unspecified atom stereocenters. The van der Waals surface area contributed by atoms with Crippen molar-refractivity contribution in [1.82, 2.24) is 9.97 Å². The highest BCUT2D eigenvalue weighted by molar-refractivity contribution is 5.48. The van der Waals surface area contributed by atoms with Gasteiger partial charge in [0.25, 0.3) is 0 Å². The lowest BCUT2D eigenvalue weighted by Gasteiger charge is -2.35. The molecule has 3 N–H and O–H groups in total. The van der Waals surface area contributed by atoms with Gasteiger partial charge in [0.05, 0.1) is 12.6 Å². The Bertz CT molecular complexity index is 397. The van der Waals surface area contributed by atoms with E-state index in [1.807, 2.05) is 6.07 Å². The van der Waals surface area contributed by atoms with E-state index in [1.54, 1.807) is 0 Å². The molecule has 5 heteroatoms. The Hall–Kier alpha value is -1.36. The van der Waals surface area contributed by atoms with Crippen molar-refractivity contribution < 1.29 is 5.11 Å². The summed E-state index contributed by atoms with van der Waals surface area (Å²) in [7, 11) is 0. The van der Waals surface area contributed by atoms with E-state index in [1.165, 1.54) is 6.42 Å². The van der Waals surface area contributed by atoms with Gasteiger partial charge in [0, 0.05) is 19.0 Å². The van der Waals surface area contributed by atoms with E-state index in [2.05, 4.69) is 21.8 Å². The van der Waals surface area contributed by atoms with Crippen molar-refractivity contribution in [3.63, 3.8) is 0 Å². The molecule has 18 heavy (non-hydrogen) atoms. The zero-order valence-corrected chi connectivity index (χ0v) is 11.0. The number of aryl methyl sites for hydroxylation is 1. The monoisotopic (exact) mass is 250 g/mol. The van der Waals surface area contributed by atoms with Crippen LogP contribution in [0.3, 0.4) is 0 Å². The van der Waals surface area contributed by atoms with E-state index in [0.717, 1.165) is 43.9 Å². The van der Waals surface area contributed by atoms with Crippen LogP contribution in [0.1, 0.15) is 38.4 Å². The fourth-order valence-electron chi connectivity index (χ4n) is 2.48. The second-order valence-electron chi connectivity index (χ2n) is 4.84. The summed E-state index contributed by atoms with van der Waals surface area (Å²) in [5.74, 6) is 2.19. The first-order valence-corrected chi connectivity index (χ1v) is 6.75. The summed E-state index contributed by atoms with van der Waals surface area (Å²) in [4.78, 5) is 11.0. The van der Waals surface area contributed by atoms with Gasteiger partial charge in [-0.3, -0.25) is 0 Å². The maximum Gasteiger partial charge on any atom is 0.134 e. The van der Waals surface area contributed by atoms with Gasteiger partial charge in [-0.05, 0) is 25.7 Å². The molecule has 0 saturated carbocycles. The fraction of sp³-hybridized carbons (Fsp3) is 0.692. The summed E-state index contributed by atoms with van der Waals surface area (Å²) >= 11 is 0. The minimum atomic E-state index is 0.169. The molecule has 1 aliphatic rings. The number of piperidine rings is 1. The van der Waals surface area contributed by atoms with Crippen LogP contribution in [0.5, 0.6) is 0 Å². The largest absolute Gasteiger partial charge is 0.394 e. The number of anilines is 2. The van der Waals surface area contributed by atoms with Crippen molar-refractivity contribution in [3.05, 3.63) is 11.9 Å². The number of hydrogen-bond acceptors (Lipinski definition) is 5. The zero-order chi connectivity index (χ0) is 13.0. The first-order valence-electron chi connectivity index (χ1n) is 6.75. The van der Waals surface area contributed by atoms with Crippen LogP contribution in [-0.4, -0.2) is 34.3 Å². The molecule has 0 bridgehead atoms. The first-order chi connectivity index (χ1) is 8.74. The summed E-state index contributed by atoms with van der Waals surface area (Å²) in [6, 6.07) is 1.98. The molecule has 0 aliphatic carbocycles. The van der Waals surface area contributed by atoms with Gasteiger partial charge >= 0.3 is 0 Å². The first kappa shape index (κ1) is 13.1. The lowest BCUT2D eigenvalue weighted by Crippen LogP contribution is -2.42. The van der Waals surface area contributed by atoms with Gasteiger partial charge in [0.2, 0.25) is 0 Å². The topological polar surface area (TPSA) is 75.3 Å². The van der Waals surface area contributed by atoms with Crippen LogP contribution in [0, 0.1) is 0 Å². The number of aliphatic hydroxyl groups is 1. The van der Waals surface area contributed by atoms with Crippen molar-refractivity contribution in [1.29, 1.82) is 0 Å².